The number of hydrogen-bond acceptors (Lipinski definition) is 2. The maximum absolute atomic E-state index is 6.50. The second-order valence-corrected chi connectivity index (χ2v) is 13.7. The molecule has 0 aliphatic rings. The minimum Gasteiger partial charge on any atom is -0.456 e. The Morgan fingerprint density at radius 3 is 1.84 bits per heavy atom. The zero-order valence-electron chi connectivity index (χ0n) is 30.3. The van der Waals surface area contributed by atoms with Crippen molar-refractivity contribution in [1.82, 2.24) is 5.32 Å². The zero-order valence-corrected chi connectivity index (χ0v) is 30.3. The second kappa shape index (κ2) is 14.7. The van der Waals surface area contributed by atoms with Crippen LogP contribution in [0.1, 0.15) is 22.7 Å². The third-order valence-corrected chi connectivity index (χ3v) is 10.3. The molecule has 1 unspecified atom stereocenters. The molecule has 1 N–H and O–H groups in total. The molecule has 3 nitrogen and oxygen atoms in total. The maximum Gasteiger partial charge on any atom is 0.136 e. The van der Waals surface area contributed by atoms with Gasteiger partial charge in [-0.05, 0) is 67.9 Å². The number of aliphatic imine (C=N–C) groups is 1. The first-order valence-electron chi connectivity index (χ1n) is 18.5. The summed E-state index contributed by atoms with van der Waals surface area (Å²) in [7, 11) is 0. The lowest BCUT2D eigenvalue weighted by molar-refractivity contribution is 0.669. The molecular formula is C52H38N2O. The maximum atomic E-state index is 6.50. The molecule has 0 aliphatic carbocycles. The SMILES string of the molecule is C=CC(N=C(NC(=C)c1cccc2oc3cc(-c4ccc(-c5ccccc5)cc4)ccc3c12)c1ccccc1)c1ccc(-c2ccccc2)c2ccccc12. The molecule has 0 saturated heterocycles. The number of nitrogens with one attached hydrogen (secondary N) is 1. The summed E-state index contributed by atoms with van der Waals surface area (Å²) in [5.41, 5.74) is 12.3. The molecular weight excluding hydrogens is 669 g/mol. The fraction of sp³-hybridized carbons (Fsp3) is 0.0192. The van der Waals surface area contributed by atoms with Gasteiger partial charge in [-0.2, -0.15) is 0 Å². The molecule has 8 aromatic carbocycles. The molecule has 1 heterocycles. The number of rotatable bonds is 9. The topological polar surface area (TPSA) is 37.5 Å². The Bertz CT molecular complexity index is 2850. The van der Waals surface area contributed by atoms with Gasteiger partial charge in [-0.1, -0.05) is 183 Å². The van der Waals surface area contributed by atoms with Gasteiger partial charge < -0.3 is 9.73 Å². The van der Waals surface area contributed by atoms with Gasteiger partial charge in [0, 0.05) is 27.6 Å². The van der Waals surface area contributed by atoms with Gasteiger partial charge in [0.2, 0.25) is 0 Å². The third kappa shape index (κ3) is 6.53. The molecule has 0 radical (unpaired) electrons. The molecule has 0 amide bonds. The van der Waals surface area contributed by atoms with Crippen molar-refractivity contribution in [3.05, 3.63) is 224 Å². The molecule has 0 bridgehead atoms. The Morgan fingerprint density at radius 2 is 1.13 bits per heavy atom. The van der Waals surface area contributed by atoms with Crippen LogP contribution in [0.25, 0.3) is 71.8 Å². The van der Waals surface area contributed by atoms with Crippen LogP contribution in [0.2, 0.25) is 0 Å². The van der Waals surface area contributed by atoms with Crippen LogP contribution in [0, 0.1) is 0 Å². The van der Waals surface area contributed by atoms with E-state index in [0.29, 0.717) is 5.84 Å². The van der Waals surface area contributed by atoms with E-state index >= 15 is 0 Å². The Hall–Kier alpha value is -7.23. The number of amidine groups is 1. The number of benzene rings is 8. The van der Waals surface area contributed by atoms with E-state index < -0.39 is 0 Å². The highest BCUT2D eigenvalue weighted by Gasteiger charge is 2.18. The van der Waals surface area contributed by atoms with Gasteiger partial charge >= 0.3 is 0 Å². The lowest BCUT2D eigenvalue weighted by Gasteiger charge is -2.19. The summed E-state index contributed by atoms with van der Waals surface area (Å²) in [6.07, 6.45) is 1.91. The van der Waals surface area contributed by atoms with Crippen LogP contribution in [0.4, 0.5) is 0 Å². The van der Waals surface area contributed by atoms with Crippen molar-refractivity contribution < 1.29 is 4.42 Å². The molecule has 0 saturated carbocycles. The Balaban J connectivity index is 1.07. The molecule has 55 heavy (non-hydrogen) atoms. The first kappa shape index (κ1) is 33.6. The smallest absolute Gasteiger partial charge is 0.136 e. The van der Waals surface area contributed by atoms with Crippen LogP contribution in [-0.2, 0) is 0 Å². The summed E-state index contributed by atoms with van der Waals surface area (Å²) < 4.78 is 6.50. The van der Waals surface area contributed by atoms with Gasteiger partial charge in [0.05, 0.1) is 6.04 Å². The molecule has 3 heteroatoms. The number of fused-ring (bicyclic) bond motifs is 4. The molecule has 9 rings (SSSR count). The monoisotopic (exact) mass is 706 g/mol. The number of hydrogen-bond donors (Lipinski definition) is 1. The average Bonchev–Trinajstić information content (AvgIpc) is 3.64. The molecule has 0 aliphatic heterocycles. The largest absolute Gasteiger partial charge is 0.456 e. The fourth-order valence-electron chi connectivity index (χ4n) is 7.57. The van der Waals surface area contributed by atoms with Gasteiger partial charge in [0.15, 0.2) is 0 Å². The second-order valence-electron chi connectivity index (χ2n) is 13.7. The van der Waals surface area contributed by atoms with Gasteiger partial charge in [0.1, 0.15) is 17.0 Å². The van der Waals surface area contributed by atoms with E-state index in [4.69, 9.17) is 9.41 Å². The first-order valence-corrected chi connectivity index (χ1v) is 18.5. The highest BCUT2D eigenvalue weighted by atomic mass is 16.3. The van der Waals surface area contributed by atoms with E-state index in [1.165, 1.54) is 27.6 Å². The number of furan rings is 1. The van der Waals surface area contributed by atoms with Crippen LogP contribution in [0.3, 0.4) is 0 Å². The highest BCUT2D eigenvalue weighted by Crippen LogP contribution is 2.38. The number of nitrogens with zero attached hydrogens (tertiary/aromatic N) is 1. The standard InChI is InChI=1S/C52H38N2O/c1-3-48(46-33-32-43(39-18-9-5-10-19-39)44-22-13-14-23-45(44)46)54-52(40-20-11-6-12-21-40)53-35(2)42-24-15-25-49-51(42)47-31-30-41(34-50(47)55-49)38-28-26-37(27-29-38)36-16-7-4-8-17-36/h3-34,48H,1-2H2,(H,53,54). The van der Waals surface area contributed by atoms with Crippen LogP contribution >= 0.6 is 0 Å². The zero-order chi connectivity index (χ0) is 37.1. The molecule has 0 fully saturated rings. The lowest BCUT2D eigenvalue weighted by Crippen LogP contribution is -2.23. The summed E-state index contributed by atoms with van der Waals surface area (Å²) in [6.45, 7) is 8.82. The first-order chi connectivity index (χ1) is 27.1. The van der Waals surface area contributed by atoms with Crippen molar-refractivity contribution in [3.63, 3.8) is 0 Å². The summed E-state index contributed by atoms with van der Waals surface area (Å²) in [4.78, 5) is 5.36. The quantitative estimate of drug-likeness (QED) is 0.0922. The van der Waals surface area contributed by atoms with E-state index in [-0.39, 0.29) is 6.04 Å². The van der Waals surface area contributed by atoms with Gasteiger partial charge in [-0.15, -0.1) is 6.58 Å². The minimum absolute atomic E-state index is 0.323. The van der Waals surface area contributed by atoms with Crippen LogP contribution in [-0.4, -0.2) is 5.84 Å². The van der Waals surface area contributed by atoms with Crippen molar-refractivity contribution in [2.75, 3.05) is 0 Å². The molecule has 1 atom stereocenters. The molecule has 1 aromatic heterocycles. The minimum atomic E-state index is -0.323. The Kier molecular flexibility index (Phi) is 8.95. The van der Waals surface area contributed by atoms with Gasteiger partial charge in [-0.25, -0.2) is 0 Å². The van der Waals surface area contributed by atoms with Crippen molar-refractivity contribution in [2.45, 2.75) is 6.04 Å². The third-order valence-electron chi connectivity index (χ3n) is 10.3. The van der Waals surface area contributed by atoms with E-state index in [1.807, 2.05) is 48.5 Å². The van der Waals surface area contributed by atoms with E-state index in [1.54, 1.807) is 0 Å². The van der Waals surface area contributed by atoms with Crippen molar-refractivity contribution in [2.24, 2.45) is 4.99 Å². The Labute approximate surface area is 321 Å². The predicted octanol–water partition coefficient (Wildman–Crippen LogP) is 13.7. The lowest BCUT2D eigenvalue weighted by atomic mass is 9.92. The normalized spacial score (nSPS) is 12.2. The van der Waals surface area contributed by atoms with Crippen LogP contribution in [0.5, 0.6) is 0 Å². The summed E-state index contributed by atoms with van der Waals surface area (Å²) >= 11 is 0. The molecule has 262 valence electrons. The van der Waals surface area contributed by atoms with Crippen molar-refractivity contribution in [3.8, 4) is 33.4 Å². The van der Waals surface area contributed by atoms with Crippen molar-refractivity contribution in [1.29, 1.82) is 0 Å². The van der Waals surface area contributed by atoms with Crippen LogP contribution < -0.4 is 5.32 Å². The van der Waals surface area contributed by atoms with Crippen LogP contribution in [0.15, 0.2) is 217 Å². The van der Waals surface area contributed by atoms with E-state index in [9.17, 15) is 0 Å². The molecule has 0 spiro atoms. The summed E-state index contributed by atoms with van der Waals surface area (Å²) in [6, 6.07) is 65.0. The fourth-order valence-corrected chi connectivity index (χ4v) is 7.57. The predicted molar refractivity (Wildman–Crippen MR) is 232 cm³/mol. The van der Waals surface area contributed by atoms with Gasteiger partial charge in [0.25, 0.3) is 0 Å². The highest BCUT2D eigenvalue weighted by molar-refractivity contribution is 6.13. The van der Waals surface area contributed by atoms with Crippen molar-refractivity contribution >= 4 is 44.2 Å². The summed E-state index contributed by atoms with van der Waals surface area (Å²) in [5.74, 6) is 0.706. The van der Waals surface area contributed by atoms with E-state index in [2.05, 4.69) is 164 Å². The van der Waals surface area contributed by atoms with E-state index in [0.717, 1.165) is 60.8 Å². The summed E-state index contributed by atoms with van der Waals surface area (Å²) in [5, 5.41) is 8.00. The Morgan fingerprint density at radius 1 is 0.527 bits per heavy atom. The van der Waals surface area contributed by atoms with Gasteiger partial charge in [-0.3, -0.25) is 4.99 Å². The molecule has 9 aromatic rings. The average molecular weight is 707 g/mol.